The number of ether oxygens (including phenoxy) is 1. The minimum absolute atomic E-state index is 0.0140. The molecular weight excluding hydrogens is 368 g/mol. The number of rotatable bonds is 6. The Hall–Kier alpha value is -2.03. The standard InChI is InChI=1S/C17H21F2NO5S/c1-11(2)8-20(13-5-6-26(23,24)10-13)16(21)9-25-17(22)14-4-3-12(18)7-15(14)19/h3-4,7,11,13H,5-6,8-10H2,1-2H3. The SMILES string of the molecule is CC(C)CN(C(=O)COC(=O)c1ccc(F)cc1F)C1CCS(=O)(=O)C1. The highest BCUT2D eigenvalue weighted by Gasteiger charge is 2.35. The zero-order valence-corrected chi connectivity index (χ0v) is 15.4. The van der Waals surface area contributed by atoms with E-state index in [0.29, 0.717) is 19.0 Å². The maximum Gasteiger partial charge on any atom is 0.341 e. The Labute approximate surface area is 151 Å². The average molecular weight is 389 g/mol. The van der Waals surface area contributed by atoms with Crippen molar-refractivity contribution in [1.29, 1.82) is 0 Å². The van der Waals surface area contributed by atoms with Crippen LogP contribution < -0.4 is 0 Å². The van der Waals surface area contributed by atoms with E-state index in [1.807, 2.05) is 13.8 Å². The molecule has 1 saturated heterocycles. The summed E-state index contributed by atoms with van der Waals surface area (Å²) in [6.45, 7) is 3.44. The van der Waals surface area contributed by atoms with Gasteiger partial charge in [0.2, 0.25) is 0 Å². The van der Waals surface area contributed by atoms with Gasteiger partial charge in [-0.3, -0.25) is 4.79 Å². The lowest BCUT2D eigenvalue weighted by atomic mass is 10.1. The van der Waals surface area contributed by atoms with Gasteiger partial charge in [0.25, 0.3) is 5.91 Å². The molecule has 2 rings (SSSR count). The molecule has 1 unspecified atom stereocenters. The maximum absolute atomic E-state index is 13.6. The van der Waals surface area contributed by atoms with Gasteiger partial charge in [-0.05, 0) is 24.5 Å². The van der Waals surface area contributed by atoms with Crippen LogP contribution in [0.4, 0.5) is 8.78 Å². The lowest BCUT2D eigenvalue weighted by Gasteiger charge is -2.29. The van der Waals surface area contributed by atoms with Crippen LogP contribution in [0, 0.1) is 17.6 Å². The molecule has 9 heteroatoms. The molecule has 0 aliphatic carbocycles. The van der Waals surface area contributed by atoms with Gasteiger partial charge >= 0.3 is 5.97 Å². The van der Waals surface area contributed by atoms with E-state index in [0.717, 1.165) is 12.1 Å². The Morgan fingerprint density at radius 1 is 1.31 bits per heavy atom. The summed E-state index contributed by atoms with van der Waals surface area (Å²) in [6.07, 6.45) is 0.335. The number of amides is 1. The molecule has 0 N–H and O–H groups in total. The molecule has 1 atom stereocenters. The summed E-state index contributed by atoms with van der Waals surface area (Å²) in [7, 11) is -3.18. The fourth-order valence-corrected chi connectivity index (χ4v) is 4.54. The van der Waals surface area contributed by atoms with Gasteiger partial charge in [0, 0.05) is 18.7 Å². The molecule has 0 aromatic heterocycles. The Morgan fingerprint density at radius 3 is 2.54 bits per heavy atom. The lowest BCUT2D eigenvalue weighted by Crippen LogP contribution is -2.45. The Bertz CT molecular complexity index is 794. The first-order valence-corrected chi connectivity index (χ1v) is 10.0. The van der Waals surface area contributed by atoms with Crippen LogP contribution in [-0.2, 0) is 19.4 Å². The summed E-state index contributed by atoms with van der Waals surface area (Å²) in [4.78, 5) is 25.8. The fourth-order valence-electron chi connectivity index (χ4n) is 2.81. The van der Waals surface area contributed by atoms with Crippen molar-refractivity contribution in [1.82, 2.24) is 4.90 Å². The van der Waals surface area contributed by atoms with E-state index in [-0.39, 0.29) is 17.4 Å². The molecule has 1 aliphatic rings. The molecule has 0 radical (unpaired) electrons. The minimum Gasteiger partial charge on any atom is -0.452 e. The van der Waals surface area contributed by atoms with Crippen molar-refractivity contribution in [2.75, 3.05) is 24.7 Å². The maximum atomic E-state index is 13.6. The third-order valence-corrected chi connectivity index (χ3v) is 5.76. The Kier molecular flexibility index (Phi) is 6.33. The second-order valence-corrected chi connectivity index (χ2v) is 8.93. The normalized spacial score (nSPS) is 18.7. The van der Waals surface area contributed by atoms with E-state index in [1.54, 1.807) is 0 Å². The lowest BCUT2D eigenvalue weighted by molar-refractivity contribution is -0.137. The van der Waals surface area contributed by atoms with E-state index in [9.17, 15) is 26.8 Å². The largest absolute Gasteiger partial charge is 0.452 e. The van der Waals surface area contributed by atoms with E-state index < -0.39 is 51.6 Å². The summed E-state index contributed by atoms with van der Waals surface area (Å²) in [5, 5.41) is 0. The number of halogens is 2. The topological polar surface area (TPSA) is 80.8 Å². The van der Waals surface area contributed by atoms with E-state index in [2.05, 4.69) is 0 Å². The summed E-state index contributed by atoms with van der Waals surface area (Å²) in [5.41, 5.74) is -0.474. The number of nitrogens with zero attached hydrogens (tertiary/aromatic N) is 1. The smallest absolute Gasteiger partial charge is 0.341 e. The van der Waals surface area contributed by atoms with E-state index in [4.69, 9.17) is 4.74 Å². The van der Waals surface area contributed by atoms with Crippen LogP contribution in [0.5, 0.6) is 0 Å². The summed E-state index contributed by atoms with van der Waals surface area (Å²) < 4.78 is 54.7. The van der Waals surface area contributed by atoms with Crippen molar-refractivity contribution in [3.8, 4) is 0 Å². The molecule has 0 saturated carbocycles. The zero-order valence-electron chi connectivity index (χ0n) is 14.6. The third kappa shape index (κ3) is 5.23. The molecule has 1 aliphatic heterocycles. The predicted molar refractivity (Wildman–Crippen MR) is 90.3 cm³/mol. The Balaban J connectivity index is 2.03. The zero-order chi connectivity index (χ0) is 19.5. The highest BCUT2D eigenvalue weighted by atomic mass is 32.2. The first-order valence-electron chi connectivity index (χ1n) is 8.21. The van der Waals surface area contributed by atoms with Crippen molar-refractivity contribution in [3.63, 3.8) is 0 Å². The Morgan fingerprint density at radius 2 is 2.00 bits per heavy atom. The summed E-state index contributed by atoms with van der Waals surface area (Å²) >= 11 is 0. The van der Waals surface area contributed by atoms with Crippen molar-refractivity contribution < 1.29 is 31.5 Å². The van der Waals surface area contributed by atoms with Gasteiger partial charge in [-0.15, -0.1) is 0 Å². The van der Waals surface area contributed by atoms with Crippen LogP contribution in [0.15, 0.2) is 18.2 Å². The van der Waals surface area contributed by atoms with Crippen LogP contribution in [0.2, 0.25) is 0 Å². The predicted octanol–water partition coefficient (Wildman–Crippen LogP) is 1.79. The molecule has 1 aromatic carbocycles. The van der Waals surface area contributed by atoms with E-state index >= 15 is 0 Å². The van der Waals surface area contributed by atoms with Crippen molar-refractivity contribution in [3.05, 3.63) is 35.4 Å². The molecule has 1 aromatic rings. The third-order valence-electron chi connectivity index (χ3n) is 4.01. The molecule has 0 bridgehead atoms. The minimum atomic E-state index is -3.18. The van der Waals surface area contributed by atoms with Crippen LogP contribution in [0.3, 0.4) is 0 Å². The number of esters is 1. The van der Waals surface area contributed by atoms with Crippen molar-refractivity contribution in [2.24, 2.45) is 5.92 Å². The van der Waals surface area contributed by atoms with Gasteiger partial charge in [0.15, 0.2) is 16.4 Å². The monoisotopic (exact) mass is 389 g/mol. The average Bonchev–Trinajstić information content (AvgIpc) is 2.89. The van der Waals surface area contributed by atoms with Crippen LogP contribution in [0.1, 0.15) is 30.6 Å². The molecule has 1 fully saturated rings. The molecule has 144 valence electrons. The van der Waals surface area contributed by atoms with Gasteiger partial charge in [0.05, 0.1) is 17.1 Å². The molecule has 26 heavy (non-hydrogen) atoms. The van der Waals surface area contributed by atoms with Crippen LogP contribution in [-0.4, -0.2) is 55.9 Å². The fraction of sp³-hybridized carbons (Fsp3) is 0.529. The number of hydrogen-bond acceptors (Lipinski definition) is 5. The van der Waals surface area contributed by atoms with Gasteiger partial charge in [-0.2, -0.15) is 0 Å². The second kappa shape index (κ2) is 8.11. The van der Waals surface area contributed by atoms with Gasteiger partial charge < -0.3 is 9.64 Å². The van der Waals surface area contributed by atoms with Crippen molar-refractivity contribution in [2.45, 2.75) is 26.3 Å². The molecule has 6 nitrogen and oxygen atoms in total. The van der Waals surface area contributed by atoms with Crippen LogP contribution >= 0.6 is 0 Å². The van der Waals surface area contributed by atoms with E-state index in [1.165, 1.54) is 4.90 Å². The molecule has 0 spiro atoms. The highest BCUT2D eigenvalue weighted by molar-refractivity contribution is 7.91. The quantitative estimate of drug-likeness (QED) is 0.693. The number of benzene rings is 1. The number of sulfone groups is 1. The second-order valence-electron chi connectivity index (χ2n) is 6.70. The first-order chi connectivity index (χ1) is 12.1. The summed E-state index contributed by atoms with van der Waals surface area (Å²) in [5.74, 6) is -3.56. The van der Waals surface area contributed by atoms with Gasteiger partial charge in [0.1, 0.15) is 11.6 Å². The first kappa shape index (κ1) is 20.3. The highest BCUT2D eigenvalue weighted by Crippen LogP contribution is 2.19. The number of hydrogen-bond donors (Lipinski definition) is 0. The van der Waals surface area contributed by atoms with Gasteiger partial charge in [-0.25, -0.2) is 22.0 Å². The van der Waals surface area contributed by atoms with Crippen LogP contribution in [0.25, 0.3) is 0 Å². The summed E-state index contributed by atoms with van der Waals surface area (Å²) in [6, 6.07) is 1.94. The number of carbonyl (C=O) groups is 2. The van der Waals surface area contributed by atoms with Gasteiger partial charge in [-0.1, -0.05) is 13.8 Å². The molecule has 1 amide bonds. The molecular formula is C17H21F2NO5S. The molecule has 1 heterocycles. The number of carbonyl (C=O) groups excluding carboxylic acids is 2. The van der Waals surface area contributed by atoms with Crippen molar-refractivity contribution >= 4 is 21.7 Å².